The van der Waals surface area contributed by atoms with Gasteiger partial charge in [-0.25, -0.2) is 9.59 Å². The fourth-order valence-electron chi connectivity index (χ4n) is 3.13. The van der Waals surface area contributed by atoms with Crippen LogP contribution in [-0.4, -0.2) is 54.3 Å². The minimum Gasteiger partial charge on any atom is -0.466 e. The van der Waals surface area contributed by atoms with Crippen molar-refractivity contribution in [2.24, 2.45) is 0 Å². The number of methoxy groups -OCH3 is 1. The van der Waals surface area contributed by atoms with Gasteiger partial charge in [-0.3, -0.25) is 4.79 Å². The van der Waals surface area contributed by atoms with E-state index in [0.717, 1.165) is 32.1 Å². The van der Waals surface area contributed by atoms with Crippen LogP contribution in [0.1, 0.15) is 66.2 Å². The van der Waals surface area contributed by atoms with Gasteiger partial charge in [-0.1, -0.05) is 25.8 Å². The van der Waals surface area contributed by atoms with Gasteiger partial charge in [0, 0.05) is 25.9 Å². The Labute approximate surface area is 162 Å². The molecule has 27 heavy (non-hydrogen) atoms. The molecule has 0 aromatic rings. The highest BCUT2D eigenvalue weighted by molar-refractivity contribution is 5.89. The van der Waals surface area contributed by atoms with E-state index in [9.17, 15) is 14.4 Å². The van der Waals surface area contributed by atoms with Gasteiger partial charge in [0.25, 0.3) is 0 Å². The highest BCUT2D eigenvalue weighted by Gasteiger charge is 2.33. The van der Waals surface area contributed by atoms with Gasteiger partial charge < -0.3 is 19.1 Å². The molecule has 0 bridgehead atoms. The Morgan fingerprint density at radius 1 is 1.15 bits per heavy atom. The number of hydrogen-bond acceptors (Lipinski definition) is 6. The molecule has 1 amide bonds. The minimum absolute atomic E-state index is 0.0684. The third kappa shape index (κ3) is 8.01. The van der Waals surface area contributed by atoms with Crippen molar-refractivity contribution < 1.29 is 28.6 Å². The maximum atomic E-state index is 12.7. The number of hydrogen-bond donors (Lipinski definition) is 0. The molecule has 0 aliphatic carbocycles. The van der Waals surface area contributed by atoms with Gasteiger partial charge in [-0.15, -0.1) is 0 Å². The first-order chi connectivity index (χ1) is 12.5. The summed E-state index contributed by atoms with van der Waals surface area (Å²) in [6, 6.07) is -0.217. The Hall–Kier alpha value is -2.05. The summed E-state index contributed by atoms with van der Waals surface area (Å²) in [7, 11) is 1.25. The Bertz CT molecular complexity index is 551. The van der Waals surface area contributed by atoms with Crippen LogP contribution in [0.5, 0.6) is 0 Å². The topological polar surface area (TPSA) is 82.1 Å². The first-order valence-electron chi connectivity index (χ1n) is 9.49. The third-order valence-electron chi connectivity index (χ3n) is 4.39. The van der Waals surface area contributed by atoms with E-state index in [1.54, 1.807) is 4.90 Å². The monoisotopic (exact) mass is 383 g/mol. The zero-order chi connectivity index (χ0) is 20.6. The maximum Gasteiger partial charge on any atom is 0.410 e. The number of nitrogens with zero attached hydrogens (tertiary/aromatic N) is 1. The van der Waals surface area contributed by atoms with Crippen LogP contribution in [0.4, 0.5) is 4.79 Å². The Kier molecular flexibility index (Phi) is 8.79. The summed E-state index contributed by atoms with van der Waals surface area (Å²) < 4.78 is 15.6. The van der Waals surface area contributed by atoms with E-state index in [1.165, 1.54) is 14.0 Å². The summed E-state index contributed by atoms with van der Waals surface area (Å²) >= 11 is 0. The maximum absolute atomic E-state index is 12.7. The molecule has 2 atom stereocenters. The average Bonchev–Trinajstić information content (AvgIpc) is 2.52. The first-order valence-corrected chi connectivity index (χ1v) is 9.49. The van der Waals surface area contributed by atoms with E-state index in [-0.39, 0.29) is 24.1 Å². The van der Waals surface area contributed by atoms with Crippen molar-refractivity contribution in [2.45, 2.75) is 84.0 Å². The molecule has 1 aliphatic rings. The third-order valence-corrected chi connectivity index (χ3v) is 4.39. The van der Waals surface area contributed by atoms with Crippen molar-refractivity contribution in [3.63, 3.8) is 0 Å². The predicted molar refractivity (Wildman–Crippen MR) is 101 cm³/mol. The molecule has 1 heterocycles. The molecule has 1 saturated heterocycles. The van der Waals surface area contributed by atoms with Crippen molar-refractivity contribution in [1.29, 1.82) is 0 Å². The minimum atomic E-state index is -0.843. The van der Waals surface area contributed by atoms with Crippen LogP contribution in [0.15, 0.2) is 12.2 Å². The number of carbonyl (C=O) groups excluding carboxylic acids is 3. The van der Waals surface area contributed by atoms with Crippen LogP contribution in [0.25, 0.3) is 0 Å². The molecule has 1 rings (SSSR count). The van der Waals surface area contributed by atoms with Gasteiger partial charge in [0.15, 0.2) is 0 Å². The molecule has 1 aliphatic heterocycles. The Balaban J connectivity index is 3.03. The largest absolute Gasteiger partial charge is 0.466 e. The summed E-state index contributed by atoms with van der Waals surface area (Å²) in [6.07, 6.45) is 3.75. The lowest BCUT2D eigenvalue weighted by Crippen LogP contribution is -2.46. The summed E-state index contributed by atoms with van der Waals surface area (Å²) in [4.78, 5) is 37.8. The molecule has 154 valence electrons. The summed E-state index contributed by atoms with van der Waals surface area (Å²) in [5, 5.41) is 0. The van der Waals surface area contributed by atoms with Crippen molar-refractivity contribution >= 4 is 18.0 Å². The fourth-order valence-corrected chi connectivity index (χ4v) is 3.13. The molecule has 7 nitrogen and oxygen atoms in total. The lowest BCUT2D eigenvalue weighted by Gasteiger charge is -2.36. The van der Waals surface area contributed by atoms with Crippen LogP contribution in [-0.2, 0) is 23.8 Å². The normalized spacial score (nSPS) is 19.3. The second-order valence-electron chi connectivity index (χ2n) is 7.88. The van der Waals surface area contributed by atoms with Crippen LogP contribution in [0.3, 0.4) is 0 Å². The van der Waals surface area contributed by atoms with Crippen LogP contribution >= 0.6 is 0 Å². The van der Waals surface area contributed by atoms with E-state index >= 15 is 0 Å². The number of carbonyl (C=O) groups is 3. The molecule has 1 fully saturated rings. The first kappa shape index (κ1) is 23.0. The number of esters is 2. The quantitative estimate of drug-likeness (QED) is 0.410. The molecule has 7 heteroatoms. The SMILES string of the molecule is C=C(C(=O)OC)C(CC1CCCCCCN1C(=O)OC(C)(C)C)OC(C)=O. The molecule has 2 unspecified atom stereocenters. The molecule has 0 spiro atoms. The standard InChI is InChI=1S/C20H33NO6/c1-14(18(23)25-6)17(26-15(2)22)13-16-11-9-7-8-10-12-21(16)19(24)27-20(3,4)5/h16-17H,1,7-13H2,2-6H3. The molecular weight excluding hydrogens is 350 g/mol. The van der Waals surface area contributed by atoms with E-state index in [1.807, 2.05) is 20.8 Å². The van der Waals surface area contributed by atoms with Gasteiger partial charge >= 0.3 is 18.0 Å². The van der Waals surface area contributed by atoms with E-state index < -0.39 is 23.6 Å². The van der Waals surface area contributed by atoms with E-state index in [0.29, 0.717) is 6.54 Å². The van der Waals surface area contributed by atoms with Crippen molar-refractivity contribution in [1.82, 2.24) is 4.90 Å². The van der Waals surface area contributed by atoms with Crippen LogP contribution < -0.4 is 0 Å². The van der Waals surface area contributed by atoms with Gasteiger partial charge in [0.2, 0.25) is 0 Å². The molecule has 0 aromatic carbocycles. The highest BCUT2D eigenvalue weighted by atomic mass is 16.6. The number of amides is 1. The van der Waals surface area contributed by atoms with E-state index in [4.69, 9.17) is 14.2 Å². The van der Waals surface area contributed by atoms with Gasteiger partial charge in [0.05, 0.1) is 12.7 Å². The smallest absolute Gasteiger partial charge is 0.410 e. The fraction of sp³-hybridized carbons (Fsp3) is 0.750. The summed E-state index contributed by atoms with van der Waals surface area (Å²) in [5.41, 5.74) is -0.534. The van der Waals surface area contributed by atoms with Crippen LogP contribution in [0.2, 0.25) is 0 Å². The molecule has 0 aromatic heterocycles. The summed E-state index contributed by atoms with van der Waals surface area (Å²) in [6.45, 7) is 11.0. The second kappa shape index (κ2) is 10.3. The molecule has 0 radical (unpaired) electrons. The zero-order valence-corrected chi connectivity index (χ0v) is 17.2. The lowest BCUT2D eigenvalue weighted by molar-refractivity contribution is -0.147. The lowest BCUT2D eigenvalue weighted by atomic mass is 9.95. The average molecular weight is 383 g/mol. The van der Waals surface area contributed by atoms with Crippen molar-refractivity contribution in [3.05, 3.63) is 12.2 Å². The zero-order valence-electron chi connectivity index (χ0n) is 17.2. The van der Waals surface area contributed by atoms with Gasteiger partial charge in [0.1, 0.15) is 11.7 Å². The van der Waals surface area contributed by atoms with Gasteiger partial charge in [-0.05, 0) is 33.6 Å². The number of ether oxygens (including phenoxy) is 3. The molecule has 0 N–H and O–H groups in total. The van der Waals surface area contributed by atoms with E-state index in [2.05, 4.69) is 6.58 Å². The Morgan fingerprint density at radius 3 is 2.33 bits per heavy atom. The Morgan fingerprint density at radius 2 is 1.78 bits per heavy atom. The molecule has 0 saturated carbocycles. The predicted octanol–water partition coefficient (Wildman–Crippen LogP) is 3.61. The summed E-state index contributed by atoms with van der Waals surface area (Å²) in [5.74, 6) is -1.14. The number of likely N-dealkylation sites (tertiary alicyclic amines) is 1. The van der Waals surface area contributed by atoms with Crippen molar-refractivity contribution in [2.75, 3.05) is 13.7 Å². The number of rotatable bonds is 5. The highest BCUT2D eigenvalue weighted by Crippen LogP contribution is 2.25. The second-order valence-corrected chi connectivity index (χ2v) is 7.88. The molecular formula is C20H33NO6. The van der Waals surface area contributed by atoms with Crippen molar-refractivity contribution in [3.8, 4) is 0 Å². The van der Waals surface area contributed by atoms with Gasteiger partial charge in [-0.2, -0.15) is 0 Å². The van der Waals surface area contributed by atoms with Crippen LogP contribution in [0, 0.1) is 0 Å².